The number of carbonyl (C=O) groups is 1. The van der Waals surface area contributed by atoms with Crippen LogP contribution in [0.2, 0.25) is 0 Å². The van der Waals surface area contributed by atoms with E-state index in [1.54, 1.807) is 34.6 Å². The summed E-state index contributed by atoms with van der Waals surface area (Å²) in [7, 11) is 0. The van der Waals surface area contributed by atoms with Gasteiger partial charge in [0.1, 0.15) is 6.33 Å². The fourth-order valence-electron chi connectivity index (χ4n) is 4.91. The Morgan fingerprint density at radius 2 is 1.86 bits per heavy atom. The van der Waals surface area contributed by atoms with Crippen LogP contribution >= 0.6 is 11.3 Å². The molecule has 5 heterocycles. The number of ether oxygens (including phenoxy) is 1. The molecule has 0 unspecified atom stereocenters. The van der Waals surface area contributed by atoms with Crippen LogP contribution in [0.25, 0.3) is 21.6 Å². The van der Waals surface area contributed by atoms with Gasteiger partial charge >= 0.3 is 0 Å². The number of piperidine rings is 1. The maximum atomic E-state index is 12.7. The van der Waals surface area contributed by atoms with Gasteiger partial charge in [0.15, 0.2) is 11.6 Å². The highest BCUT2D eigenvalue weighted by atomic mass is 32.1. The van der Waals surface area contributed by atoms with Crippen molar-refractivity contribution in [3.05, 3.63) is 60.0 Å². The van der Waals surface area contributed by atoms with Gasteiger partial charge in [0.25, 0.3) is 0 Å². The predicted molar refractivity (Wildman–Crippen MR) is 137 cm³/mol. The lowest BCUT2D eigenvalue weighted by molar-refractivity contribution is 0.0748. The number of morpholine rings is 1. The number of likely N-dealkylation sites (tertiary alicyclic amines) is 1. The summed E-state index contributed by atoms with van der Waals surface area (Å²) in [6.07, 6.45) is 6.74. The molecule has 1 aromatic carbocycles. The molecule has 0 atom stereocenters. The van der Waals surface area contributed by atoms with Gasteiger partial charge in [-0.1, -0.05) is 30.3 Å². The van der Waals surface area contributed by atoms with E-state index >= 15 is 0 Å². The molecule has 4 aromatic rings. The lowest BCUT2D eigenvalue weighted by Gasteiger charge is -2.30. The van der Waals surface area contributed by atoms with Crippen LogP contribution in [0.15, 0.2) is 55.1 Å². The molecule has 8 nitrogen and oxygen atoms in total. The van der Waals surface area contributed by atoms with E-state index < -0.39 is 0 Å². The third kappa shape index (κ3) is 4.71. The molecule has 2 fully saturated rings. The molecule has 2 aliphatic heterocycles. The largest absolute Gasteiger partial charge is 0.378 e. The molecule has 180 valence electrons. The lowest BCUT2D eigenvalue weighted by Crippen LogP contribution is -2.37. The van der Waals surface area contributed by atoms with Crippen molar-refractivity contribution in [1.29, 1.82) is 0 Å². The summed E-state index contributed by atoms with van der Waals surface area (Å²) in [5.41, 5.74) is 2.03. The molecule has 0 saturated carbocycles. The normalized spacial score (nSPS) is 17.8. The summed E-state index contributed by atoms with van der Waals surface area (Å²) in [5.74, 6) is 2.00. The minimum atomic E-state index is 0.0649. The SMILES string of the molecule is O=C(C1CCN(Cc2cc3nc(-c4ccccc4)nc(N4CCOCC4)c3s2)CC1)n1ccnc1. The van der Waals surface area contributed by atoms with Crippen molar-refractivity contribution in [3.8, 4) is 11.4 Å². The molecular formula is C26H28N6O2S. The maximum absolute atomic E-state index is 12.7. The summed E-state index contributed by atoms with van der Waals surface area (Å²) < 4.78 is 8.34. The molecule has 35 heavy (non-hydrogen) atoms. The number of benzene rings is 1. The number of fused-ring (bicyclic) bond motifs is 1. The van der Waals surface area contributed by atoms with Gasteiger partial charge in [-0.3, -0.25) is 14.3 Å². The Labute approximate surface area is 208 Å². The highest BCUT2D eigenvalue weighted by molar-refractivity contribution is 7.19. The number of imidazole rings is 1. The van der Waals surface area contributed by atoms with Crippen molar-refractivity contribution in [2.24, 2.45) is 5.92 Å². The van der Waals surface area contributed by atoms with Crippen molar-refractivity contribution in [1.82, 2.24) is 24.4 Å². The van der Waals surface area contributed by atoms with Crippen LogP contribution in [0.4, 0.5) is 5.82 Å². The van der Waals surface area contributed by atoms with E-state index in [2.05, 4.69) is 33.0 Å². The topological polar surface area (TPSA) is 76.4 Å². The standard InChI is InChI=1S/C26H28N6O2S/c33-26(32-11-8-27-18-32)20-6-9-30(10-7-20)17-21-16-22-23(35-21)25(31-12-14-34-15-13-31)29-24(28-22)19-4-2-1-3-5-19/h1-5,8,11,16,18,20H,6-7,9-10,12-15,17H2. The zero-order chi connectivity index (χ0) is 23.6. The summed E-state index contributed by atoms with van der Waals surface area (Å²) in [6.45, 7) is 5.82. The average molecular weight is 489 g/mol. The summed E-state index contributed by atoms with van der Waals surface area (Å²) in [6, 6.07) is 12.4. The van der Waals surface area contributed by atoms with Crippen molar-refractivity contribution in [3.63, 3.8) is 0 Å². The van der Waals surface area contributed by atoms with Gasteiger partial charge in [0, 0.05) is 48.4 Å². The van der Waals surface area contributed by atoms with Gasteiger partial charge in [-0.2, -0.15) is 0 Å². The number of anilines is 1. The first kappa shape index (κ1) is 22.3. The minimum Gasteiger partial charge on any atom is -0.378 e. The lowest BCUT2D eigenvalue weighted by atomic mass is 9.96. The zero-order valence-electron chi connectivity index (χ0n) is 19.5. The minimum absolute atomic E-state index is 0.0649. The van der Waals surface area contributed by atoms with Gasteiger partial charge in [-0.05, 0) is 32.0 Å². The van der Waals surface area contributed by atoms with E-state index in [0.717, 1.165) is 86.2 Å². The fraction of sp³-hybridized carbons (Fsp3) is 0.385. The van der Waals surface area contributed by atoms with Crippen LogP contribution in [0.3, 0.4) is 0 Å². The molecule has 2 saturated heterocycles. The first-order valence-electron chi connectivity index (χ1n) is 12.2. The molecule has 0 aliphatic carbocycles. The molecular weight excluding hydrogens is 460 g/mol. The van der Waals surface area contributed by atoms with Gasteiger partial charge in [-0.15, -0.1) is 11.3 Å². The van der Waals surface area contributed by atoms with E-state index in [-0.39, 0.29) is 11.8 Å². The van der Waals surface area contributed by atoms with E-state index in [1.165, 1.54) is 4.88 Å². The number of nitrogens with zero attached hydrogens (tertiary/aromatic N) is 6. The van der Waals surface area contributed by atoms with Crippen molar-refractivity contribution >= 4 is 33.3 Å². The van der Waals surface area contributed by atoms with Crippen LogP contribution in [0, 0.1) is 5.92 Å². The molecule has 0 N–H and O–H groups in total. The molecule has 0 spiro atoms. The third-order valence-corrected chi connectivity index (χ3v) is 7.93. The highest BCUT2D eigenvalue weighted by Crippen LogP contribution is 2.35. The van der Waals surface area contributed by atoms with Gasteiger partial charge < -0.3 is 9.64 Å². The summed E-state index contributed by atoms with van der Waals surface area (Å²) in [4.78, 5) is 32.7. The Morgan fingerprint density at radius 1 is 1.06 bits per heavy atom. The zero-order valence-corrected chi connectivity index (χ0v) is 20.4. The van der Waals surface area contributed by atoms with Crippen molar-refractivity contribution in [2.45, 2.75) is 19.4 Å². The number of aromatic nitrogens is 4. The second-order valence-corrected chi connectivity index (χ2v) is 10.3. The molecule has 0 radical (unpaired) electrons. The molecule has 2 aliphatic rings. The number of rotatable bonds is 5. The van der Waals surface area contributed by atoms with E-state index in [4.69, 9.17) is 14.7 Å². The van der Waals surface area contributed by atoms with Crippen LogP contribution in [-0.4, -0.2) is 69.7 Å². The number of hydrogen-bond donors (Lipinski definition) is 0. The number of thiophene rings is 1. The number of hydrogen-bond acceptors (Lipinski definition) is 8. The monoisotopic (exact) mass is 488 g/mol. The Bertz CT molecular complexity index is 1290. The first-order chi connectivity index (χ1) is 17.2. The van der Waals surface area contributed by atoms with Crippen LogP contribution in [0.1, 0.15) is 22.5 Å². The van der Waals surface area contributed by atoms with E-state index in [1.807, 2.05) is 18.2 Å². The Morgan fingerprint density at radius 3 is 2.60 bits per heavy atom. The van der Waals surface area contributed by atoms with Crippen LogP contribution < -0.4 is 4.90 Å². The first-order valence-corrected chi connectivity index (χ1v) is 13.0. The molecule has 3 aromatic heterocycles. The van der Waals surface area contributed by atoms with Crippen molar-refractivity contribution in [2.75, 3.05) is 44.3 Å². The van der Waals surface area contributed by atoms with E-state index in [0.29, 0.717) is 0 Å². The summed E-state index contributed by atoms with van der Waals surface area (Å²) in [5, 5.41) is 0. The number of carbonyl (C=O) groups excluding carboxylic acids is 1. The van der Waals surface area contributed by atoms with Crippen LogP contribution in [0.5, 0.6) is 0 Å². The van der Waals surface area contributed by atoms with Crippen LogP contribution in [-0.2, 0) is 11.3 Å². The second kappa shape index (κ2) is 9.85. The Hall–Kier alpha value is -3.14. The smallest absolute Gasteiger partial charge is 0.235 e. The highest BCUT2D eigenvalue weighted by Gasteiger charge is 2.27. The Kier molecular flexibility index (Phi) is 6.28. The van der Waals surface area contributed by atoms with Gasteiger partial charge in [0.05, 0.1) is 23.4 Å². The maximum Gasteiger partial charge on any atom is 0.235 e. The fourth-order valence-corrected chi connectivity index (χ4v) is 6.06. The molecule has 9 heteroatoms. The average Bonchev–Trinajstić information content (AvgIpc) is 3.59. The Balaban J connectivity index is 1.23. The third-order valence-electron chi connectivity index (χ3n) is 6.82. The van der Waals surface area contributed by atoms with Crippen molar-refractivity contribution < 1.29 is 9.53 Å². The second-order valence-electron chi connectivity index (χ2n) is 9.12. The van der Waals surface area contributed by atoms with Gasteiger partial charge in [0.2, 0.25) is 5.91 Å². The van der Waals surface area contributed by atoms with E-state index in [9.17, 15) is 4.79 Å². The van der Waals surface area contributed by atoms with Gasteiger partial charge in [-0.25, -0.2) is 15.0 Å². The predicted octanol–water partition coefficient (Wildman–Crippen LogP) is 3.94. The molecule has 6 rings (SSSR count). The summed E-state index contributed by atoms with van der Waals surface area (Å²) >= 11 is 1.79. The molecule has 0 amide bonds. The quantitative estimate of drug-likeness (QED) is 0.421. The molecule has 0 bridgehead atoms.